The van der Waals surface area contributed by atoms with E-state index in [0.29, 0.717) is 5.92 Å². The molecule has 96 valence electrons. The van der Waals surface area contributed by atoms with Gasteiger partial charge in [0.25, 0.3) is 0 Å². The van der Waals surface area contributed by atoms with Gasteiger partial charge in [-0.25, -0.2) is 0 Å². The predicted molar refractivity (Wildman–Crippen MR) is 71.4 cm³/mol. The van der Waals surface area contributed by atoms with Crippen molar-refractivity contribution in [3.8, 4) is 6.07 Å². The lowest BCUT2D eigenvalue weighted by Gasteiger charge is -2.41. The summed E-state index contributed by atoms with van der Waals surface area (Å²) in [5.41, 5.74) is 0. The zero-order valence-electron chi connectivity index (χ0n) is 11.3. The first-order valence-corrected chi connectivity index (χ1v) is 7.74. The minimum absolute atomic E-state index is 0.394. The number of nitriles is 1. The first-order valence-electron chi connectivity index (χ1n) is 7.74. The molecule has 0 aliphatic heterocycles. The van der Waals surface area contributed by atoms with E-state index in [0.717, 1.165) is 17.8 Å². The maximum atomic E-state index is 9.22. The fourth-order valence-electron chi connectivity index (χ4n) is 4.17. The van der Waals surface area contributed by atoms with E-state index in [1.807, 2.05) is 0 Å². The molecule has 2 aliphatic carbocycles. The average molecular weight is 233 g/mol. The van der Waals surface area contributed by atoms with Gasteiger partial charge in [0.1, 0.15) is 0 Å². The maximum absolute atomic E-state index is 9.22. The zero-order valence-corrected chi connectivity index (χ0v) is 11.3. The number of hydrogen-bond donors (Lipinski definition) is 0. The van der Waals surface area contributed by atoms with Crippen molar-refractivity contribution >= 4 is 0 Å². The van der Waals surface area contributed by atoms with Crippen molar-refractivity contribution in [1.29, 1.82) is 5.26 Å². The highest BCUT2D eigenvalue weighted by Gasteiger charge is 2.37. The predicted octanol–water partition coefficient (Wildman–Crippen LogP) is 4.92. The lowest BCUT2D eigenvalue weighted by atomic mass is 9.63. The highest BCUT2D eigenvalue weighted by Crippen LogP contribution is 2.46. The van der Waals surface area contributed by atoms with Crippen LogP contribution in [0.2, 0.25) is 0 Å². The van der Waals surface area contributed by atoms with Gasteiger partial charge in [0.05, 0.1) is 6.07 Å². The molecular weight excluding hydrogens is 206 g/mol. The maximum Gasteiger partial charge on any atom is 0.0658 e. The Morgan fingerprint density at radius 1 is 1.12 bits per heavy atom. The second-order valence-corrected chi connectivity index (χ2v) is 6.27. The van der Waals surface area contributed by atoms with Crippen molar-refractivity contribution in [2.75, 3.05) is 0 Å². The molecule has 0 radical (unpaired) electrons. The Balaban J connectivity index is 1.81. The van der Waals surface area contributed by atoms with Gasteiger partial charge < -0.3 is 0 Å². The van der Waals surface area contributed by atoms with E-state index in [1.54, 1.807) is 0 Å². The monoisotopic (exact) mass is 233 g/mol. The molecule has 0 heterocycles. The molecule has 2 aliphatic rings. The van der Waals surface area contributed by atoms with Crippen LogP contribution in [0.4, 0.5) is 0 Å². The highest BCUT2D eigenvalue weighted by atomic mass is 14.4. The van der Waals surface area contributed by atoms with Crippen LogP contribution < -0.4 is 0 Å². The molecule has 0 bridgehead atoms. The fraction of sp³-hybridized carbons (Fsp3) is 0.938. The largest absolute Gasteiger partial charge is 0.198 e. The van der Waals surface area contributed by atoms with Gasteiger partial charge in [-0.2, -0.15) is 5.26 Å². The average Bonchev–Trinajstić information content (AvgIpc) is 2.38. The molecule has 2 saturated carbocycles. The summed E-state index contributed by atoms with van der Waals surface area (Å²) in [7, 11) is 0. The Morgan fingerprint density at radius 2 is 2.00 bits per heavy atom. The van der Waals surface area contributed by atoms with Gasteiger partial charge in [-0.3, -0.25) is 0 Å². The number of rotatable bonds is 4. The van der Waals surface area contributed by atoms with E-state index in [4.69, 9.17) is 0 Å². The molecule has 0 aromatic rings. The van der Waals surface area contributed by atoms with Crippen molar-refractivity contribution in [2.24, 2.45) is 23.7 Å². The Morgan fingerprint density at radius 3 is 2.76 bits per heavy atom. The molecule has 0 N–H and O–H groups in total. The van der Waals surface area contributed by atoms with E-state index in [-0.39, 0.29) is 0 Å². The van der Waals surface area contributed by atoms with Crippen LogP contribution >= 0.6 is 0 Å². The van der Waals surface area contributed by atoms with Crippen LogP contribution in [0.5, 0.6) is 0 Å². The molecule has 4 atom stereocenters. The molecule has 2 fully saturated rings. The van der Waals surface area contributed by atoms with E-state index in [2.05, 4.69) is 13.0 Å². The summed E-state index contributed by atoms with van der Waals surface area (Å²) in [6, 6.07) is 2.57. The molecule has 0 aromatic carbocycles. The second kappa shape index (κ2) is 6.43. The highest BCUT2D eigenvalue weighted by molar-refractivity contribution is 4.96. The summed E-state index contributed by atoms with van der Waals surface area (Å²) in [5, 5.41) is 9.22. The SMILES string of the molecule is CCCCCC1CCC2C(C#N)CCCC2C1. The van der Waals surface area contributed by atoms with Crippen molar-refractivity contribution in [2.45, 2.75) is 71.1 Å². The molecule has 2 rings (SSSR count). The van der Waals surface area contributed by atoms with Gasteiger partial charge in [0.2, 0.25) is 0 Å². The fourth-order valence-corrected chi connectivity index (χ4v) is 4.17. The quantitative estimate of drug-likeness (QED) is 0.632. The van der Waals surface area contributed by atoms with Crippen molar-refractivity contribution in [1.82, 2.24) is 0 Å². The lowest BCUT2D eigenvalue weighted by Crippen LogP contribution is -2.33. The molecule has 4 unspecified atom stereocenters. The van der Waals surface area contributed by atoms with Gasteiger partial charge in [0.15, 0.2) is 0 Å². The molecular formula is C16H27N. The summed E-state index contributed by atoms with van der Waals surface area (Å²) >= 11 is 0. The summed E-state index contributed by atoms with van der Waals surface area (Å²) < 4.78 is 0. The Labute approximate surface area is 107 Å². The zero-order chi connectivity index (χ0) is 12.1. The van der Waals surface area contributed by atoms with Gasteiger partial charge in [-0.05, 0) is 37.0 Å². The Hall–Kier alpha value is -0.510. The normalized spacial score (nSPS) is 37.2. The van der Waals surface area contributed by atoms with Crippen molar-refractivity contribution < 1.29 is 0 Å². The Kier molecular flexibility index (Phi) is 4.89. The Bertz CT molecular complexity index is 265. The second-order valence-electron chi connectivity index (χ2n) is 6.27. The molecule has 1 nitrogen and oxygen atoms in total. The minimum atomic E-state index is 0.394. The van der Waals surface area contributed by atoms with Crippen molar-refractivity contribution in [3.63, 3.8) is 0 Å². The van der Waals surface area contributed by atoms with Crippen LogP contribution in [-0.4, -0.2) is 0 Å². The smallest absolute Gasteiger partial charge is 0.0658 e. The third kappa shape index (κ3) is 3.24. The summed E-state index contributed by atoms with van der Waals surface area (Å²) in [6.45, 7) is 2.29. The van der Waals surface area contributed by atoms with Crippen LogP contribution in [0.25, 0.3) is 0 Å². The minimum Gasteiger partial charge on any atom is -0.198 e. The van der Waals surface area contributed by atoms with E-state index < -0.39 is 0 Å². The molecule has 0 saturated heterocycles. The van der Waals surface area contributed by atoms with Crippen LogP contribution in [0.15, 0.2) is 0 Å². The number of unbranched alkanes of at least 4 members (excludes halogenated alkanes) is 2. The third-order valence-electron chi connectivity index (χ3n) is 5.14. The first kappa shape index (κ1) is 12.9. The summed E-state index contributed by atoms with van der Waals surface area (Å²) in [4.78, 5) is 0. The van der Waals surface area contributed by atoms with E-state index in [1.165, 1.54) is 64.2 Å². The lowest BCUT2D eigenvalue weighted by molar-refractivity contribution is 0.0952. The number of hydrogen-bond acceptors (Lipinski definition) is 1. The number of nitrogens with zero attached hydrogens (tertiary/aromatic N) is 1. The third-order valence-corrected chi connectivity index (χ3v) is 5.14. The van der Waals surface area contributed by atoms with E-state index in [9.17, 15) is 5.26 Å². The summed E-state index contributed by atoms with van der Waals surface area (Å²) in [6.07, 6.45) is 13.7. The van der Waals surface area contributed by atoms with Crippen LogP contribution in [0.3, 0.4) is 0 Å². The topological polar surface area (TPSA) is 23.8 Å². The molecule has 0 aromatic heterocycles. The molecule has 1 heteroatoms. The van der Waals surface area contributed by atoms with Gasteiger partial charge in [-0.15, -0.1) is 0 Å². The molecule has 0 amide bonds. The standard InChI is InChI=1S/C16H27N/c1-2-3-4-6-13-9-10-16-14(11-13)7-5-8-15(16)12-17/h13-16H,2-11H2,1H3. The van der Waals surface area contributed by atoms with E-state index >= 15 is 0 Å². The van der Waals surface area contributed by atoms with Crippen LogP contribution in [-0.2, 0) is 0 Å². The molecule has 17 heavy (non-hydrogen) atoms. The summed E-state index contributed by atoms with van der Waals surface area (Å²) in [5.74, 6) is 3.04. The first-order chi connectivity index (χ1) is 8.35. The van der Waals surface area contributed by atoms with Gasteiger partial charge in [-0.1, -0.05) is 51.9 Å². The number of fused-ring (bicyclic) bond motifs is 1. The van der Waals surface area contributed by atoms with Crippen LogP contribution in [0, 0.1) is 35.0 Å². The molecule has 0 spiro atoms. The van der Waals surface area contributed by atoms with Gasteiger partial charge >= 0.3 is 0 Å². The van der Waals surface area contributed by atoms with Gasteiger partial charge in [0, 0.05) is 5.92 Å². The van der Waals surface area contributed by atoms with Crippen LogP contribution in [0.1, 0.15) is 71.1 Å². The van der Waals surface area contributed by atoms with Crippen molar-refractivity contribution in [3.05, 3.63) is 0 Å².